The summed E-state index contributed by atoms with van der Waals surface area (Å²) < 4.78 is 26.1. The van der Waals surface area contributed by atoms with E-state index < -0.39 is 5.82 Å². The largest absolute Gasteiger partial charge is 0.421 e. The van der Waals surface area contributed by atoms with Gasteiger partial charge in [-0.2, -0.15) is 15.0 Å². The summed E-state index contributed by atoms with van der Waals surface area (Å²) in [6, 6.07) is 3.92. The number of anilines is 2. The molecule has 1 amide bonds. The average Bonchev–Trinajstić information content (AvgIpc) is 3.21. The van der Waals surface area contributed by atoms with E-state index in [0.29, 0.717) is 35.0 Å². The number of carbonyl (C=O) groups excluding carboxylic acids is 1. The molecular weight excluding hydrogens is 449 g/mol. The first-order chi connectivity index (χ1) is 15.7. The normalized spacial score (nSPS) is 18.3. The number of halogens is 1. The van der Waals surface area contributed by atoms with Crippen LogP contribution in [0.5, 0.6) is 11.8 Å². The highest BCUT2D eigenvalue weighted by Gasteiger charge is 2.29. The van der Waals surface area contributed by atoms with E-state index in [4.69, 9.17) is 15.2 Å². The first-order valence-electron chi connectivity index (χ1n) is 10.3. The van der Waals surface area contributed by atoms with Gasteiger partial charge < -0.3 is 25.0 Å². The zero-order valence-electron chi connectivity index (χ0n) is 18.6. The van der Waals surface area contributed by atoms with Crippen molar-refractivity contribution in [1.29, 1.82) is 0 Å². The maximum atomic E-state index is 14.7. The van der Waals surface area contributed by atoms with Crippen LogP contribution >= 0.6 is 11.3 Å². The Morgan fingerprint density at radius 2 is 1.97 bits per heavy atom. The predicted octanol–water partition coefficient (Wildman–Crippen LogP) is 2.82. The Morgan fingerprint density at radius 3 is 2.58 bits per heavy atom. The van der Waals surface area contributed by atoms with Crippen molar-refractivity contribution >= 4 is 28.3 Å². The van der Waals surface area contributed by atoms with Crippen LogP contribution in [0.4, 0.5) is 15.5 Å². The Morgan fingerprint density at radius 1 is 1.24 bits per heavy atom. The lowest BCUT2D eigenvalue weighted by Gasteiger charge is -2.38. The van der Waals surface area contributed by atoms with Crippen molar-refractivity contribution in [2.24, 2.45) is 0 Å². The number of ether oxygens (including phenoxy) is 2. The predicted molar refractivity (Wildman–Crippen MR) is 122 cm³/mol. The summed E-state index contributed by atoms with van der Waals surface area (Å²) in [6.45, 7) is 5.05. The Balaban J connectivity index is 1.72. The molecule has 0 saturated carbocycles. The number of aromatic nitrogens is 4. The van der Waals surface area contributed by atoms with Crippen LogP contribution in [0.1, 0.15) is 24.2 Å². The van der Waals surface area contributed by atoms with Gasteiger partial charge in [0.1, 0.15) is 0 Å². The first kappa shape index (κ1) is 22.8. The lowest BCUT2D eigenvalue weighted by Crippen LogP contribution is -2.50. The Hall–Kier alpha value is -3.38. The third-order valence-corrected chi connectivity index (χ3v) is 5.85. The summed E-state index contributed by atoms with van der Waals surface area (Å²) >= 11 is 1.22. The molecule has 1 aromatic carbocycles. The van der Waals surface area contributed by atoms with Gasteiger partial charge in [-0.3, -0.25) is 4.79 Å². The number of hydrogen-bond acceptors (Lipinski definition) is 10. The molecule has 2 atom stereocenters. The fraction of sp³-hybridized carbons (Fsp3) is 0.381. The number of carbonyl (C=O) groups is 1. The van der Waals surface area contributed by atoms with Crippen molar-refractivity contribution < 1.29 is 18.7 Å². The SMILES string of the molecule is CC1COCC(C)N1c1nc(Oc2ccc(C(=O)N(C)C)cc2F)nc(-c2cnc(N)s2)n1. The zero-order chi connectivity index (χ0) is 23.7. The first-order valence-corrected chi connectivity index (χ1v) is 11.1. The zero-order valence-corrected chi connectivity index (χ0v) is 19.5. The van der Waals surface area contributed by atoms with Crippen LogP contribution in [-0.4, -0.2) is 70.1 Å². The number of hydrogen-bond donors (Lipinski definition) is 1. The maximum Gasteiger partial charge on any atom is 0.327 e. The molecule has 3 aromatic rings. The molecule has 0 bridgehead atoms. The summed E-state index contributed by atoms with van der Waals surface area (Å²) in [7, 11) is 3.19. The second-order valence-corrected chi connectivity index (χ2v) is 8.96. The van der Waals surface area contributed by atoms with E-state index in [0.717, 1.165) is 6.07 Å². The Labute approximate surface area is 194 Å². The van der Waals surface area contributed by atoms with E-state index >= 15 is 0 Å². The molecule has 1 aliphatic rings. The number of nitrogens with zero attached hydrogens (tertiary/aromatic N) is 6. The van der Waals surface area contributed by atoms with E-state index in [9.17, 15) is 9.18 Å². The quantitative estimate of drug-likeness (QED) is 0.596. The number of rotatable bonds is 5. The van der Waals surface area contributed by atoms with Crippen LogP contribution < -0.4 is 15.4 Å². The molecule has 3 heterocycles. The van der Waals surface area contributed by atoms with Gasteiger partial charge in [0, 0.05) is 19.7 Å². The highest BCUT2D eigenvalue weighted by atomic mass is 32.1. The van der Waals surface area contributed by atoms with Crippen LogP contribution in [0.2, 0.25) is 0 Å². The van der Waals surface area contributed by atoms with Gasteiger partial charge in [0.05, 0.1) is 36.4 Å². The average molecular weight is 474 g/mol. The fourth-order valence-electron chi connectivity index (χ4n) is 3.48. The van der Waals surface area contributed by atoms with Crippen molar-refractivity contribution in [2.75, 3.05) is 37.9 Å². The van der Waals surface area contributed by atoms with Crippen molar-refractivity contribution in [3.05, 3.63) is 35.8 Å². The van der Waals surface area contributed by atoms with Crippen LogP contribution in [0.15, 0.2) is 24.4 Å². The number of nitrogens with two attached hydrogens (primary N) is 1. The molecule has 2 aromatic heterocycles. The number of amides is 1. The monoisotopic (exact) mass is 473 g/mol. The van der Waals surface area contributed by atoms with Crippen LogP contribution in [0.3, 0.4) is 0 Å². The van der Waals surface area contributed by atoms with Gasteiger partial charge in [-0.1, -0.05) is 11.3 Å². The number of morpholine rings is 1. The van der Waals surface area contributed by atoms with E-state index in [2.05, 4.69) is 19.9 Å². The van der Waals surface area contributed by atoms with E-state index in [-0.39, 0.29) is 35.3 Å². The molecule has 33 heavy (non-hydrogen) atoms. The van der Waals surface area contributed by atoms with Gasteiger partial charge in [-0.25, -0.2) is 9.37 Å². The molecule has 1 fully saturated rings. The highest BCUT2D eigenvalue weighted by molar-refractivity contribution is 7.18. The van der Waals surface area contributed by atoms with E-state index in [1.54, 1.807) is 20.3 Å². The minimum atomic E-state index is -0.707. The van der Waals surface area contributed by atoms with Crippen molar-refractivity contribution in [1.82, 2.24) is 24.8 Å². The molecule has 1 aliphatic heterocycles. The van der Waals surface area contributed by atoms with E-state index in [1.165, 1.54) is 28.4 Å². The lowest BCUT2D eigenvalue weighted by molar-refractivity contribution is 0.0746. The molecule has 12 heteroatoms. The van der Waals surface area contributed by atoms with Crippen LogP contribution in [-0.2, 0) is 4.74 Å². The van der Waals surface area contributed by atoms with Crippen LogP contribution in [0.25, 0.3) is 10.7 Å². The second-order valence-electron chi connectivity index (χ2n) is 7.89. The number of thiazole rings is 1. The van der Waals surface area contributed by atoms with Gasteiger partial charge in [-0.15, -0.1) is 0 Å². The Kier molecular flexibility index (Phi) is 6.38. The summed E-state index contributed by atoms with van der Waals surface area (Å²) in [4.78, 5) is 33.6. The molecule has 174 valence electrons. The van der Waals surface area contributed by atoms with Crippen molar-refractivity contribution in [3.8, 4) is 22.5 Å². The summed E-state index contributed by atoms with van der Waals surface area (Å²) in [5, 5.41) is 0.370. The summed E-state index contributed by atoms with van der Waals surface area (Å²) in [5.41, 5.74) is 5.99. The molecule has 2 unspecified atom stereocenters. The van der Waals surface area contributed by atoms with Gasteiger partial charge in [-0.05, 0) is 32.0 Å². The molecule has 0 radical (unpaired) electrons. The van der Waals surface area contributed by atoms with Crippen molar-refractivity contribution in [3.63, 3.8) is 0 Å². The minimum Gasteiger partial charge on any atom is -0.421 e. The second kappa shape index (κ2) is 9.24. The standard InChI is InChI=1S/C21H24FN7O3S/c1-11-9-31-10-12(2)29(11)20-25-17(16-8-24-19(23)33-16)26-21(27-20)32-15-6-5-13(7-14(15)22)18(30)28(3)4/h5-8,11-12H,9-10H2,1-4H3,(H2,23,24). The van der Waals surface area contributed by atoms with Crippen LogP contribution in [0, 0.1) is 5.82 Å². The topological polar surface area (TPSA) is 120 Å². The van der Waals surface area contributed by atoms with Gasteiger partial charge in [0.15, 0.2) is 22.5 Å². The van der Waals surface area contributed by atoms with Gasteiger partial charge in [0.2, 0.25) is 5.95 Å². The number of nitrogen functional groups attached to an aromatic ring is 1. The molecule has 2 N–H and O–H groups in total. The fourth-order valence-corrected chi connectivity index (χ4v) is 4.10. The summed E-state index contributed by atoms with van der Waals surface area (Å²) in [6.07, 6.45) is 1.57. The third-order valence-electron chi connectivity index (χ3n) is 5.03. The minimum absolute atomic E-state index is 0.0106. The molecule has 1 saturated heterocycles. The molecule has 0 aliphatic carbocycles. The van der Waals surface area contributed by atoms with Crippen molar-refractivity contribution in [2.45, 2.75) is 25.9 Å². The van der Waals surface area contributed by atoms with E-state index in [1.807, 2.05) is 18.7 Å². The highest BCUT2D eigenvalue weighted by Crippen LogP contribution is 2.31. The van der Waals surface area contributed by atoms with Gasteiger partial charge in [0.25, 0.3) is 5.91 Å². The smallest absolute Gasteiger partial charge is 0.327 e. The molecular formula is C21H24FN7O3S. The Bertz CT molecular complexity index is 1160. The molecule has 0 spiro atoms. The third kappa shape index (κ3) is 4.86. The maximum absolute atomic E-state index is 14.7. The molecule has 10 nitrogen and oxygen atoms in total. The summed E-state index contributed by atoms with van der Waals surface area (Å²) in [5.74, 6) is -0.440. The molecule has 4 rings (SSSR count). The van der Waals surface area contributed by atoms with Gasteiger partial charge >= 0.3 is 6.01 Å². The lowest BCUT2D eigenvalue weighted by atomic mass is 10.2. The number of benzene rings is 1.